The minimum absolute atomic E-state index is 0.0446. The van der Waals surface area contributed by atoms with Crippen LogP contribution in [0.4, 0.5) is 5.82 Å². The van der Waals surface area contributed by atoms with Crippen molar-refractivity contribution in [2.24, 2.45) is 11.7 Å². The molecule has 1 aromatic carbocycles. The lowest BCUT2D eigenvalue weighted by atomic mass is 9.73. The number of fused-ring (bicyclic) bond motifs is 1. The van der Waals surface area contributed by atoms with E-state index in [-0.39, 0.29) is 5.54 Å². The van der Waals surface area contributed by atoms with E-state index in [4.69, 9.17) is 5.73 Å². The summed E-state index contributed by atoms with van der Waals surface area (Å²) in [5, 5.41) is 14.3. The smallest absolute Gasteiger partial charge is 0.157 e. The minimum atomic E-state index is -0.0446. The van der Waals surface area contributed by atoms with Gasteiger partial charge < -0.3 is 11.1 Å². The molecule has 2 atom stereocenters. The Morgan fingerprint density at radius 2 is 2.20 bits per heavy atom. The van der Waals surface area contributed by atoms with Crippen molar-refractivity contribution in [3.63, 3.8) is 0 Å². The van der Waals surface area contributed by atoms with Gasteiger partial charge in [0.15, 0.2) is 5.82 Å². The summed E-state index contributed by atoms with van der Waals surface area (Å²) in [6.45, 7) is 2.93. The lowest BCUT2D eigenvalue weighted by molar-refractivity contribution is 0.235. The third kappa shape index (κ3) is 2.24. The summed E-state index contributed by atoms with van der Waals surface area (Å²) in [4.78, 5) is 0. The maximum Gasteiger partial charge on any atom is 0.157 e. The topological polar surface area (TPSA) is 63.8 Å². The number of anilines is 1. The number of nitrogens with two attached hydrogens (primary N) is 1. The zero-order valence-electron chi connectivity index (χ0n) is 12.0. The molecule has 0 aliphatic heterocycles. The van der Waals surface area contributed by atoms with E-state index in [9.17, 15) is 0 Å². The molecule has 2 unspecified atom stereocenters. The molecule has 0 bridgehead atoms. The standard InChI is InChI=1S/C16H22N4/c1-12-6-4-5-9-16(12,11-17)19-15-14-8-3-2-7-13(14)10-18-20-15/h2-3,7-8,10,12H,4-6,9,11,17H2,1H3,(H,19,20). The number of benzene rings is 1. The average Bonchev–Trinajstić information content (AvgIpc) is 2.50. The Bertz CT molecular complexity index is 593. The Morgan fingerprint density at radius 3 is 3.00 bits per heavy atom. The highest BCUT2D eigenvalue weighted by molar-refractivity contribution is 5.91. The number of rotatable bonds is 3. The van der Waals surface area contributed by atoms with Gasteiger partial charge in [-0.15, -0.1) is 5.10 Å². The molecule has 1 aliphatic carbocycles. The molecular formula is C16H22N4. The molecule has 3 N–H and O–H groups in total. The zero-order valence-corrected chi connectivity index (χ0v) is 12.0. The molecule has 0 saturated heterocycles. The van der Waals surface area contributed by atoms with E-state index in [1.165, 1.54) is 19.3 Å². The Hall–Kier alpha value is -1.68. The van der Waals surface area contributed by atoms with Crippen LogP contribution in [-0.2, 0) is 0 Å². The summed E-state index contributed by atoms with van der Waals surface area (Å²) >= 11 is 0. The van der Waals surface area contributed by atoms with Crippen molar-refractivity contribution in [3.05, 3.63) is 30.5 Å². The fraction of sp³-hybridized carbons (Fsp3) is 0.500. The summed E-state index contributed by atoms with van der Waals surface area (Å²) in [6, 6.07) is 8.21. The summed E-state index contributed by atoms with van der Waals surface area (Å²) in [7, 11) is 0. The Balaban J connectivity index is 1.99. The van der Waals surface area contributed by atoms with Crippen LogP contribution in [0.2, 0.25) is 0 Å². The Labute approximate surface area is 119 Å². The van der Waals surface area contributed by atoms with Crippen molar-refractivity contribution in [2.45, 2.75) is 38.1 Å². The number of nitrogens with zero attached hydrogens (tertiary/aromatic N) is 2. The maximum absolute atomic E-state index is 6.11. The largest absolute Gasteiger partial charge is 0.361 e. The summed E-state index contributed by atoms with van der Waals surface area (Å²) in [5.41, 5.74) is 6.07. The zero-order chi connectivity index (χ0) is 14.0. The summed E-state index contributed by atoms with van der Waals surface area (Å²) in [5.74, 6) is 1.42. The summed E-state index contributed by atoms with van der Waals surface area (Å²) < 4.78 is 0. The van der Waals surface area contributed by atoms with Crippen LogP contribution in [0.1, 0.15) is 32.6 Å². The van der Waals surface area contributed by atoms with Gasteiger partial charge in [-0.2, -0.15) is 5.10 Å². The molecule has 3 rings (SSSR count). The van der Waals surface area contributed by atoms with E-state index in [1.54, 1.807) is 6.20 Å². The first-order valence-corrected chi connectivity index (χ1v) is 7.44. The van der Waals surface area contributed by atoms with E-state index in [0.29, 0.717) is 12.5 Å². The highest BCUT2D eigenvalue weighted by Crippen LogP contribution is 2.36. The average molecular weight is 270 g/mol. The molecule has 4 nitrogen and oxygen atoms in total. The highest BCUT2D eigenvalue weighted by Gasteiger charge is 2.37. The van der Waals surface area contributed by atoms with Gasteiger partial charge >= 0.3 is 0 Å². The summed E-state index contributed by atoms with van der Waals surface area (Å²) in [6.07, 6.45) is 6.66. The lowest BCUT2D eigenvalue weighted by Crippen LogP contribution is -2.52. The second-order valence-corrected chi connectivity index (χ2v) is 5.91. The van der Waals surface area contributed by atoms with Crippen LogP contribution in [0.25, 0.3) is 10.8 Å². The highest BCUT2D eigenvalue weighted by atomic mass is 15.2. The van der Waals surface area contributed by atoms with Crippen LogP contribution in [0.15, 0.2) is 30.5 Å². The number of hydrogen-bond acceptors (Lipinski definition) is 4. The van der Waals surface area contributed by atoms with E-state index in [1.807, 2.05) is 12.1 Å². The van der Waals surface area contributed by atoms with Gasteiger partial charge in [0.2, 0.25) is 0 Å². The molecule has 1 saturated carbocycles. The van der Waals surface area contributed by atoms with Crippen LogP contribution in [0.5, 0.6) is 0 Å². The van der Waals surface area contributed by atoms with Gasteiger partial charge in [0, 0.05) is 17.3 Å². The molecule has 106 valence electrons. The third-order valence-electron chi connectivity index (χ3n) is 4.76. The van der Waals surface area contributed by atoms with E-state index in [0.717, 1.165) is 23.0 Å². The van der Waals surface area contributed by atoms with E-state index >= 15 is 0 Å². The number of nitrogens with one attached hydrogen (secondary N) is 1. The number of aromatic nitrogens is 2. The molecular weight excluding hydrogens is 248 g/mol. The van der Waals surface area contributed by atoms with Crippen LogP contribution in [-0.4, -0.2) is 22.3 Å². The predicted octanol–water partition coefficient (Wildman–Crippen LogP) is 2.95. The van der Waals surface area contributed by atoms with Gasteiger partial charge in [0.05, 0.1) is 11.7 Å². The van der Waals surface area contributed by atoms with Crippen molar-refractivity contribution in [3.8, 4) is 0 Å². The Morgan fingerprint density at radius 1 is 1.35 bits per heavy atom. The van der Waals surface area contributed by atoms with Gasteiger partial charge in [0.25, 0.3) is 0 Å². The molecule has 20 heavy (non-hydrogen) atoms. The van der Waals surface area contributed by atoms with Gasteiger partial charge in [-0.3, -0.25) is 0 Å². The Kier molecular flexibility index (Phi) is 3.57. The first-order valence-electron chi connectivity index (χ1n) is 7.44. The third-order valence-corrected chi connectivity index (χ3v) is 4.76. The van der Waals surface area contributed by atoms with Gasteiger partial charge in [-0.1, -0.05) is 44.0 Å². The SMILES string of the molecule is CC1CCCCC1(CN)Nc1nncc2ccccc12. The van der Waals surface area contributed by atoms with E-state index in [2.05, 4.69) is 34.6 Å². The van der Waals surface area contributed by atoms with Crippen LogP contribution in [0, 0.1) is 5.92 Å². The normalized spacial score (nSPS) is 26.6. The van der Waals surface area contributed by atoms with Crippen LogP contribution < -0.4 is 11.1 Å². The van der Waals surface area contributed by atoms with Crippen LogP contribution >= 0.6 is 0 Å². The molecule has 0 radical (unpaired) electrons. The van der Waals surface area contributed by atoms with Gasteiger partial charge in [0.1, 0.15) is 0 Å². The fourth-order valence-corrected chi connectivity index (χ4v) is 3.31. The second-order valence-electron chi connectivity index (χ2n) is 5.91. The fourth-order valence-electron chi connectivity index (χ4n) is 3.31. The quantitative estimate of drug-likeness (QED) is 0.900. The predicted molar refractivity (Wildman–Crippen MR) is 82.6 cm³/mol. The van der Waals surface area contributed by atoms with Gasteiger partial charge in [-0.25, -0.2) is 0 Å². The second kappa shape index (κ2) is 5.37. The molecule has 2 aromatic rings. The maximum atomic E-state index is 6.11. The first kappa shape index (κ1) is 13.3. The molecule has 1 fully saturated rings. The first-order chi connectivity index (χ1) is 9.75. The van der Waals surface area contributed by atoms with Crippen molar-refractivity contribution >= 4 is 16.6 Å². The minimum Gasteiger partial charge on any atom is -0.361 e. The van der Waals surface area contributed by atoms with E-state index < -0.39 is 0 Å². The molecule has 0 amide bonds. The lowest BCUT2D eigenvalue weighted by Gasteiger charge is -2.43. The monoisotopic (exact) mass is 270 g/mol. The van der Waals surface area contributed by atoms with Gasteiger partial charge in [-0.05, 0) is 18.8 Å². The van der Waals surface area contributed by atoms with Crippen molar-refractivity contribution in [1.29, 1.82) is 0 Å². The molecule has 0 spiro atoms. The van der Waals surface area contributed by atoms with Crippen molar-refractivity contribution < 1.29 is 0 Å². The van der Waals surface area contributed by atoms with Crippen molar-refractivity contribution in [1.82, 2.24) is 10.2 Å². The number of hydrogen-bond donors (Lipinski definition) is 2. The van der Waals surface area contributed by atoms with Crippen LogP contribution in [0.3, 0.4) is 0 Å². The molecule has 4 heteroatoms. The molecule has 1 heterocycles. The molecule has 1 aliphatic rings. The van der Waals surface area contributed by atoms with Crippen molar-refractivity contribution in [2.75, 3.05) is 11.9 Å². The molecule has 1 aromatic heterocycles.